The first-order valence-electron chi connectivity index (χ1n) is 9.93. The zero-order valence-electron chi connectivity index (χ0n) is 16.4. The normalized spacial score (nSPS) is 17.0. The van der Waals surface area contributed by atoms with Crippen LogP contribution in [-0.4, -0.2) is 43.6 Å². The van der Waals surface area contributed by atoms with E-state index in [0.717, 1.165) is 35.6 Å². The van der Waals surface area contributed by atoms with E-state index in [2.05, 4.69) is 21.1 Å². The van der Waals surface area contributed by atoms with Gasteiger partial charge in [-0.3, -0.25) is 14.1 Å². The first-order valence-corrected chi connectivity index (χ1v) is 9.93. The van der Waals surface area contributed by atoms with Crippen molar-refractivity contribution < 1.29 is 0 Å². The Morgan fingerprint density at radius 2 is 2.24 bits per heavy atom. The molecular weight excluding hydrogens is 364 g/mol. The average Bonchev–Trinajstić information content (AvgIpc) is 3.50. The summed E-state index contributed by atoms with van der Waals surface area (Å²) in [6.07, 6.45) is 15.6. The number of fused-ring (bicyclic) bond motifs is 1. The summed E-state index contributed by atoms with van der Waals surface area (Å²) >= 11 is 0. The molecule has 1 saturated carbocycles. The van der Waals surface area contributed by atoms with Crippen LogP contribution in [-0.2, 0) is 0 Å². The molecule has 8 nitrogen and oxygen atoms in total. The molecule has 0 amide bonds. The fourth-order valence-corrected chi connectivity index (χ4v) is 4.23. The predicted octanol–water partition coefficient (Wildman–Crippen LogP) is 3.67. The molecule has 2 unspecified atom stereocenters. The Morgan fingerprint density at radius 1 is 1.41 bits per heavy atom. The van der Waals surface area contributed by atoms with E-state index in [0.29, 0.717) is 12.3 Å². The number of nitrogens with one attached hydrogen (secondary N) is 1. The Bertz CT molecular complexity index is 1060. The summed E-state index contributed by atoms with van der Waals surface area (Å²) in [5.41, 5.74) is 2.35. The van der Waals surface area contributed by atoms with E-state index in [9.17, 15) is 5.26 Å². The van der Waals surface area contributed by atoms with Crippen LogP contribution in [0.4, 0.5) is 0 Å². The highest BCUT2D eigenvalue weighted by molar-refractivity contribution is 5.88. The fraction of sp³-hybridized carbons (Fsp3) is 0.429. The molecule has 0 radical (unpaired) electrons. The Balaban J connectivity index is 1.76. The minimum atomic E-state index is -0.305. The highest BCUT2D eigenvalue weighted by Gasteiger charge is 2.27. The van der Waals surface area contributed by atoms with E-state index in [-0.39, 0.29) is 12.0 Å². The summed E-state index contributed by atoms with van der Waals surface area (Å²) in [6.45, 7) is 0. The fourth-order valence-electron chi connectivity index (χ4n) is 4.23. The third-order valence-electron chi connectivity index (χ3n) is 5.68. The number of rotatable bonds is 7. The van der Waals surface area contributed by atoms with Gasteiger partial charge in [-0.15, -0.1) is 0 Å². The largest absolute Gasteiger partial charge is 0.312 e. The zero-order valence-corrected chi connectivity index (χ0v) is 16.4. The van der Waals surface area contributed by atoms with Crippen molar-refractivity contribution in [2.45, 2.75) is 44.1 Å². The van der Waals surface area contributed by atoms with Crippen LogP contribution >= 0.6 is 0 Å². The van der Waals surface area contributed by atoms with Crippen LogP contribution in [0.2, 0.25) is 0 Å². The van der Waals surface area contributed by atoms with E-state index in [1.54, 1.807) is 25.7 Å². The molecule has 148 valence electrons. The minimum Gasteiger partial charge on any atom is -0.312 e. The van der Waals surface area contributed by atoms with Crippen LogP contribution in [0.15, 0.2) is 35.8 Å². The maximum absolute atomic E-state index is 9.32. The number of aliphatic imine (C=N–C) groups is 1. The topological polar surface area (TPSA) is 108 Å². The summed E-state index contributed by atoms with van der Waals surface area (Å²) in [4.78, 5) is 13.3. The summed E-state index contributed by atoms with van der Waals surface area (Å²) in [7, 11) is 1.69. The van der Waals surface area contributed by atoms with Crippen molar-refractivity contribution in [3.05, 3.63) is 36.5 Å². The van der Waals surface area contributed by atoms with Crippen LogP contribution in [0.3, 0.4) is 0 Å². The highest BCUT2D eigenvalue weighted by Crippen LogP contribution is 2.36. The van der Waals surface area contributed by atoms with Crippen molar-refractivity contribution in [3.8, 4) is 17.5 Å². The van der Waals surface area contributed by atoms with Gasteiger partial charge in [-0.1, -0.05) is 12.8 Å². The van der Waals surface area contributed by atoms with Crippen molar-refractivity contribution in [3.63, 3.8) is 0 Å². The van der Waals surface area contributed by atoms with Crippen LogP contribution in [0.25, 0.3) is 17.0 Å². The molecule has 8 heteroatoms. The van der Waals surface area contributed by atoms with Crippen molar-refractivity contribution in [1.82, 2.24) is 24.1 Å². The molecule has 4 rings (SSSR count). The molecule has 1 aliphatic carbocycles. The summed E-state index contributed by atoms with van der Waals surface area (Å²) in [5, 5.41) is 21.6. The van der Waals surface area contributed by atoms with Crippen molar-refractivity contribution in [2.75, 3.05) is 7.05 Å². The molecule has 1 aliphatic rings. The monoisotopic (exact) mass is 388 g/mol. The summed E-state index contributed by atoms with van der Waals surface area (Å²) < 4.78 is 3.86. The molecule has 29 heavy (non-hydrogen) atoms. The van der Waals surface area contributed by atoms with Gasteiger partial charge in [0.05, 0.1) is 41.9 Å². The predicted molar refractivity (Wildman–Crippen MR) is 111 cm³/mol. The number of hydrogen-bond acceptors (Lipinski definition) is 6. The van der Waals surface area contributed by atoms with Crippen molar-refractivity contribution in [2.24, 2.45) is 10.9 Å². The molecule has 3 aromatic heterocycles. The van der Waals surface area contributed by atoms with Gasteiger partial charge in [0.2, 0.25) is 0 Å². The van der Waals surface area contributed by atoms with E-state index in [4.69, 9.17) is 10.4 Å². The molecule has 3 heterocycles. The lowest BCUT2D eigenvalue weighted by molar-refractivity contribution is 0.315. The Morgan fingerprint density at radius 3 is 2.97 bits per heavy atom. The second-order valence-corrected chi connectivity index (χ2v) is 7.44. The molecule has 0 aliphatic heterocycles. The minimum absolute atomic E-state index is 0.0965. The molecule has 0 aromatic carbocycles. The van der Waals surface area contributed by atoms with Crippen LogP contribution in [0.5, 0.6) is 0 Å². The van der Waals surface area contributed by atoms with E-state index < -0.39 is 0 Å². The lowest BCUT2D eigenvalue weighted by Gasteiger charge is -2.21. The maximum Gasteiger partial charge on any atom is 0.149 e. The quantitative estimate of drug-likeness (QED) is 0.623. The second-order valence-electron chi connectivity index (χ2n) is 7.44. The first kappa shape index (κ1) is 19.0. The standard InChI is InChI=1S/C21H24N8/c1-24-12-16(11-23)18-10-20-25-8-9-28(20)21(27-18)17-13-26-29(14-17)19(6-7-22)15-4-2-3-5-15/h8-16,19,23H,2-6H2,1H3. The SMILES string of the molecule is CN=CC(C=N)c1cc2nccn2c(-c2cnn(C(CC#N)C3CCCC3)c2)n1. The van der Waals surface area contributed by atoms with Gasteiger partial charge in [0.1, 0.15) is 11.5 Å². The second kappa shape index (κ2) is 8.35. The van der Waals surface area contributed by atoms with Crippen LogP contribution < -0.4 is 0 Å². The lowest BCUT2D eigenvalue weighted by atomic mass is 9.96. The van der Waals surface area contributed by atoms with E-state index in [1.807, 2.05) is 27.5 Å². The smallest absolute Gasteiger partial charge is 0.149 e. The molecule has 0 spiro atoms. The number of imidazole rings is 1. The first-order chi connectivity index (χ1) is 14.2. The highest BCUT2D eigenvalue weighted by atomic mass is 15.3. The van der Waals surface area contributed by atoms with Gasteiger partial charge >= 0.3 is 0 Å². The maximum atomic E-state index is 9.32. The number of aromatic nitrogens is 5. The Kier molecular flexibility index (Phi) is 5.47. The Labute approximate surface area is 169 Å². The molecule has 1 N–H and O–H groups in total. The van der Waals surface area contributed by atoms with Crippen LogP contribution in [0, 0.1) is 22.7 Å². The molecule has 2 atom stereocenters. The molecule has 0 saturated heterocycles. The van der Waals surface area contributed by atoms with Gasteiger partial charge in [0, 0.05) is 44.1 Å². The van der Waals surface area contributed by atoms with E-state index in [1.165, 1.54) is 19.1 Å². The molecule has 3 aromatic rings. The third kappa shape index (κ3) is 3.68. The summed E-state index contributed by atoms with van der Waals surface area (Å²) in [5.74, 6) is 0.915. The molecule has 1 fully saturated rings. The van der Waals surface area contributed by atoms with Crippen LogP contribution in [0.1, 0.15) is 49.8 Å². The van der Waals surface area contributed by atoms with Crippen molar-refractivity contribution in [1.29, 1.82) is 10.7 Å². The number of hydrogen-bond donors (Lipinski definition) is 1. The lowest BCUT2D eigenvalue weighted by Crippen LogP contribution is -2.17. The van der Waals surface area contributed by atoms with Gasteiger partial charge in [0.15, 0.2) is 0 Å². The third-order valence-corrected chi connectivity index (χ3v) is 5.68. The van der Waals surface area contributed by atoms with Crippen molar-refractivity contribution >= 4 is 18.1 Å². The molecular formula is C21H24N8. The van der Waals surface area contributed by atoms with Gasteiger partial charge in [-0.2, -0.15) is 10.4 Å². The summed E-state index contributed by atoms with van der Waals surface area (Å²) in [6, 6.07) is 4.31. The number of nitriles is 1. The van der Waals surface area contributed by atoms with E-state index >= 15 is 0 Å². The number of nitrogens with zero attached hydrogens (tertiary/aromatic N) is 7. The zero-order chi connectivity index (χ0) is 20.2. The Hall–Kier alpha value is -3.34. The van der Waals surface area contributed by atoms with Gasteiger partial charge in [-0.25, -0.2) is 9.97 Å². The van der Waals surface area contributed by atoms with Gasteiger partial charge in [-0.05, 0) is 18.8 Å². The average molecular weight is 388 g/mol. The molecule has 0 bridgehead atoms. The van der Waals surface area contributed by atoms with Gasteiger partial charge < -0.3 is 5.41 Å². The van der Waals surface area contributed by atoms with Gasteiger partial charge in [0.25, 0.3) is 0 Å².